The maximum Gasteiger partial charge on any atom is 0.347 e. The van der Waals surface area contributed by atoms with Gasteiger partial charge in [-0.1, -0.05) is 29.8 Å². The van der Waals surface area contributed by atoms with Gasteiger partial charge in [0.05, 0.1) is 0 Å². The fraction of sp³-hybridized carbons (Fsp3) is 0.429. The summed E-state index contributed by atoms with van der Waals surface area (Å²) in [6.07, 6.45) is 0.677. The zero-order valence-electron chi connectivity index (χ0n) is 11.7. The highest BCUT2D eigenvalue weighted by Crippen LogP contribution is 2.47. The minimum atomic E-state index is -4.40. The van der Waals surface area contributed by atoms with Gasteiger partial charge in [0.15, 0.2) is 0 Å². The van der Waals surface area contributed by atoms with Crippen LogP contribution in [-0.4, -0.2) is 38.7 Å². The first-order valence-corrected chi connectivity index (χ1v) is 8.42. The third-order valence-electron chi connectivity index (χ3n) is 3.59. The summed E-state index contributed by atoms with van der Waals surface area (Å²) in [5, 5.41) is 0. The molecular weight excluding hydrogens is 293 g/mol. The summed E-state index contributed by atoms with van der Waals surface area (Å²) in [6.45, 7) is 2.14. The summed E-state index contributed by atoms with van der Waals surface area (Å²) < 4.78 is 11.4. The first kappa shape index (κ1) is 15.9. The number of likely N-dealkylation sites (tertiary alicyclic amines) is 1. The Bertz CT molecular complexity index is 592. The number of rotatable bonds is 4. The van der Waals surface area contributed by atoms with E-state index in [0.717, 1.165) is 10.5 Å². The number of carbonyl (C=O) groups excluding carboxylic acids is 2. The molecule has 1 aliphatic rings. The van der Waals surface area contributed by atoms with Crippen molar-refractivity contribution in [2.24, 2.45) is 0 Å². The van der Waals surface area contributed by atoms with Crippen LogP contribution in [0.15, 0.2) is 24.3 Å². The number of aryl methyl sites for hydroxylation is 1. The first-order valence-electron chi connectivity index (χ1n) is 6.73. The van der Waals surface area contributed by atoms with Gasteiger partial charge >= 0.3 is 7.60 Å². The second kappa shape index (κ2) is 6.10. The highest BCUT2D eigenvalue weighted by molar-refractivity contribution is 7.52. The van der Waals surface area contributed by atoms with Crippen LogP contribution in [0.1, 0.15) is 24.0 Å². The molecule has 6 nitrogen and oxygen atoms in total. The molecule has 0 saturated carbocycles. The minimum Gasteiger partial charge on any atom is -0.323 e. The van der Waals surface area contributed by atoms with Gasteiger partial charge in [-0.15, -0.1) is 0 Å². The first-order chi connectivity index (χ1) is 9.79. The highest BCUT2D eigenvalue weighted by atomic mass is 31.2. The lowest BCUT2D eigenvalue weighted by molar-refractivity contribution is -0.144. The van der Waals surface area contributed by atoms with Gasteiger partial charge in [0.2, 0.25) is 5.78 Å². The van der Waals surface area contributed by atoms with Crippen LogP contribution in [0.2, 0.25) is 0 Å². The molecule has 7 heteroatoms. The van der Waals surface area contributed by atoms with Crippen LogP contribution in [0.5, 0.6) is 0 Å². The van der Waals surface area contributed by atoms with E-state index in [9.17, 15) is 23.9 Å². The zero-order chi connectivity index (χ0) is 15.6. The fourth-order valence-electron chi connectivity index (χ4n) is 2.46. The molecule has 0 bridgehead atoms. The number of hydrogen-bond donors (Lipinski definition) is 2. The van der Waals surface area contributed by atoms with Crippen molar-refractivity contribution >= 4 is 19.3 Å². The summed E-state index contributed by atoms with van der Waals surface area (Å²) in [4.78, 5) is 43.6. The van der Waals surface area contributed by atoms with Crippen molar-refractivity contribution in [3.63, 3.8) is 0 Å². The normalized spacial score (nSPS) is 18.8. The Morgan fingerprint density at radius 2 is 1.90 bits per heavy atom. The molecule has 0 aromatic heterocycles. The number of amides is 1. The van der Waals surface area contributed by atoms with Crippen LogP contribution in [0.3, 0.4) is 0 Å². The van der Waals surface area contributed by atoms with Gasteiger partial charge in [-0.2, -0.15) is 0 Å². The van der Waals surface area contributed by atoms with Gasteiger partial charge in [-0.05, 0) is 25.3 Å². The van der Waals surface area contributed by atoms with E-state index in [1.54, 1.807) is 12.1 Å². The lowest BCUT2D eigenvalue weighted by Crippen LogP contribution is -2.40. The largest absolute Gasteiger partial charge is 0.347 e. The quantitative estimate of drug-likeness (QED) is 0.644. The van der Waals surface area contributed by atoms with Crippen molar-refractivity contribution in [3.8, 4) is 0 Å². The molecule has 114 valence electrons. The Morgan fingerprint density at radius 3 is 2.48 bits per heavy atom. The summed E-state index contributed by atoms with van der Waals surface area (Å²) in [5.74, 6) is -2.60. The minimum absolute atomic E-state index is 0.0521. The SMILES string of the molecule is Cc1ccc(CC(=O)C(=O)N2CCCC2P(=O)(O)O)cc1. The van der Waals surface area contributed by atoms with Gasteiger partial charge in [0, 0.05) is 13.0 Å². The van der Waals surface area contributed by atoms with Crippen molar-refractivity contribution in [1.29, 1.82) is 0 Å². The number of nitrogens with zero attached hydrogens (tertiary/aromatic N) is 1. The highest BCUT2D eigenvalue weighted by Gasteiger charge is 2.42. The second-order valence-corrected chi connectivity index (χ2v) is 7.07. The van der Waals surface area contributed by atoms with Crippen LogP contribution in [0.4, 0.5) is 0 Å². The Labute approximate surface area is 122 Å². The van der Waals surface area contributed by atoms with Gasteiger partial charge in [-0.3, -0.25) is 14.2 Å². The van der Waals surface area contributed by atoms with Gasteiger partial charge in [0.1, 0.15) is 5.78 Å². The molecule has 1 atom stereocenters. The predicted octanol–water partition coefficient (Wildman–Crippen LogP) is 1.23. The molecule has 0 spiro atoms. The topological polar surface area (TPSA) is 94.9 Å². The smallest absolute Gasteiger partial charge is 0.323 e. The standard InChI is InChI=1S/C14H18NO5P/c1-10-4-6-11(7-5-10)9-12(16)14(17)15-8-2-3-13(15)21(18,19)20/h4-7,13H,2-3,8-9H2,1H3,(H2,18,19,20). The summed E-state index contributed by atoms with van der Waals surface area (Å²) in [7, 11) is -4.40. The summed E-state index contributed by atoms with van der Waals surface area (Å²) in [5.41, 5.74) is 1.77. The van der Waals surface area contributed by atoms with E-state index in [-0.39, 0.29) is 19.4 Å². The molecule has 1 aromatic carbocycles. The van der Waals surface area contributed by atoms with Crippen molar-refractivity contribution < 1.29 is 23.9 Å². The molecule has 2 N–H and O–H groups in total. The Morgan fingerprint density at radius 1 is 1.29 bits per heavy atom. The number of carbonyl (C=O) groups is 2. The Kier molecular flexibility index (Phi) is 4.61. The maximum atomic E-state index is 12.1. The second-order valence-electron chi connectivity index (χ2n) is 5.30. The number of hydrogen-bond acceptors (Lipinski definition) is 3. The van der Waals surface area contributed by atoms with E-state index in [1.807, 2.05) is 19.1 Å². The van der Waals surface area contributed by atoms with Gasteiger partial charge in [0.25, 0.3) is 5.91 Å². The van der Waals surface area contributed by atoms with Crippen molar-refractivity contribution in [1.82, 2.24) is 4.90 Å². The molecule has 1 aromatic rings. The molecule has 2 rings (SSSR count). The zero-order valence-corrected chi connectivity index (χ0v) is 12.6. The predicted molar refractivity (Wildman–Crippen MR) is 76.7 cm³/mol. The lowest BCUT2D eigenvalue weighted by Gasteiger charge is -2.24. The van der Waals surface area contributed by atoms with E-state index in [0.29, 0.717) is 12.0 Å². The van der Waals surface area contributed by atoms with Crippen molar-refractivity contribution in [2.45, 2.75) is 32.0 Å². The van der Waals surface area contributed by atoms with Crippen molar-refractivity contribution in [3.05, 3.63) is 35.4 Å². The number of benzene rings is 1. The number of Topliss-reactive ketones (excluding diaryl/α,β-unsaturated/α-hetero) is 1. The third kappa shape index (κ3) is 3.79. The van der Waals surface area contributed by atoms with Crippen LogP contribution in [0, 0.1) is 6.92 Å². The molecule has 1 heterocycles. The molecule has 21 heavy (non-hydrogen) atoms. The molecule has 1 fully saturated rings. The van der Waals surface area contributed by atoms with Crippen LogP contribution < -0.4 is 0 Å². The molecule has 1 aliphatic heterocycles. The Hall–Kier alpha value is -1.49. The average Bonchev–Trinajstić information content (AvgIpc) is 2.89. The van der Waals surface area contributed by atoms with E-state index < -0.39 is 25.1 Å². The lowest BCUT2D eigenvalue weighted by atomic mass is 10.1. The molecule has 0 aliphatic carbocycles. The molecular formula is C14H18NO5P. The molecule has 1 saturated heterocycles. The van der Waals surface area contributed by atoms with Gasteiger partial charge < -0.3 is 14.7 Å². The fourth-order valence-corrected chi connectivity index (χ4v) is 3.57. The number of ketones is 1. The van der Waals surface area contributed by atoms with Crippen LogP contribution in [-0.2, 0) is 20.6 Å². The maximum absolute atomic E-state index is 12.1. The monoisotopic (exact) mass is 311 g/mol. The van der Waals surface area contributed by atoms with Crippen molar-refractivity contribution in [2.75, 3.05) is 6.54 Å². The van der Waals surface area contributed by atoms with E-state index >= 15 is 0 Å². The van der Waals surface area contributed by atoms with Crippen LogP contribution >= 0.6 is 7.60 Å². The summed E-state index contributed by atoms with van der Waals surface area (Å²) >= 11 is 0. The molecule has 1 unspecified atom stereocenters. The molecule has 1 amide bonds. The Balaban J connectivity index is 2.07. The molecule has 0 radical (unpaired) electrons. The van der Waals surface area contributed by atoms with E-state index in [4.69, 9.17) is 0 Å². The average molecular weight is 311 g/mol. The van der Waals surface area contributed by atoms with E-state index in [1.165, 1.54) is 0 Å². The van der Waals surface area contributed by atoms with E-state index in [2.05, 4.69) is 0 Å². The summed E-state index contributed by atoms with van der Waals surface area (Å²) in [6, 6.07) is 7.23. The third-order valence-corrected chi connectivity index (χ3v) is 4.91. The van der Waals surface area contributed by atoms with Gasteiger partial charge in [-0.25, -0.2) is 0 Å². The van der Waals surface area contributed by atoms with Crippen LogP contribution in [0.25, 0.3) is 0 Å².